The maximum atomic E-state index is 5.82. The minimum Gasteiger partial charge on any atom is -0.376 e. The normalized spacial score (nSPS) is 23.2. The zero-order chi connectivity index (χ0) is 14.7. The number of nitrogens with zero attached hydrogens (tertiary/aromatic N) is 4. The van der Waals surface area contributed by atoms with Crippen LogP contribution in [0, 0.1) is 0 Å². The zero-order valence-electron chi connectivity index (χ0n) is 13.1. The number of rotatable bonds is 5. The third kappa shape index (κ3) is 3.72. The fraction of sp³-hybridized carbons (Fsp3) is 0.867. The first kappa shape index (κ1) is 15.2. The molecule has 0 bridgehead atoms. The molecule has 1 aromatic rings. The molecular weight excluding hydrogens is 284 g/mol. The Balaban J connectivity index is 1.81. The van der Waals surface area contributed by atoms with Gasteiger partial charge in [-0.1, -0.05) is 25.6 Å². The summed E-state index contributed by atoms with van der Waals surface area (Å²) in [5.74, 6) is 1.05. The van der Waals surface area contributed by atoms with E-state index in [1.54, 1.807) is 11.8 Å². The molecule has 3 rings (SSSR count). The smallest absolute Gasteiger partial charge is 0.228 e. The molecule has 0 N–H and O–H groups in total. The number of anilines is 1. The zero-order valence-corrected chi connectivity index (χ0v) is 13.9. The van der Waals surface area contributed by atoms with E-state index in [2.05, 4.69) is 33.5 Å². The third-order valence-corrected chi connectivity index (χ3v) is 5.07. The fourth-order valence-electron chi connectivity index (χ4n) is 3.06. The lowest BCUT2D eigenvalue weighted by atomic mass is 10.1. The van der Waals surface area contributed by atoms with Crippen molar-refractivity contribution in [2.75, 3.05) is 24.6 Å². The number of ether oxygens (including phenoxy) is 1. The topological polar surface area (TPSA) is 43.2 Å². The van der Waals surface area contributed by atoms with Gasteiger partial charge in [0.15, 0.2) is 5.16 Å². The van der Waals surface area contributed by atoms with Gasteiger partial charge in [0.2, 0.25) is 5.95 Å². The van der Waals surface area contributed by atoms with Crippen molar-refractivity contribution in [2.45, 2.75) is 69.0 Å². The molecule has 0 unspecified atom stereocenters. The summed E-state index contributed by atoms with van der Waals surface area (Å²) in [5.41, 5.74) is 0. The summed E-state index contributed by atoms with van der Waals surface area (Å²) in [6.45, 7) is 8.42. The largest absolute Gasteiger partial charge is 0.376 e. The van der Waals surface area contributed by atoms with Crippen LogP contribution in [0.4, 0.5) is 5.95 Å². The van der Waals surface area contributed by atoms with E-state index in [0.29, 0.717) is 11.4 Å². The van der Waals surface area contributed by atoms with Crippen LogP contribution in [0.3, 0.4) is 0 Å². The van der Waals surface area contributed by atoms with Gasteiger partial charge >= 0.3 is 0 Å². The molecule has 1 aromatic heterocycles. The number of aromatic nitrogens is 3. The van der Waals surface area contributed by atoms with Crippen LogP contribution in [0.2, 0.25) is 0 Å². The van der Waals surface area contributed by atoms with Crippen LogP contribution in [0.25, 0.3) is 0 Å². The van der Waals surface area contributed by atoms with E-state index in [-0.39, 0.29) is 0 Å². The molecule has 0 aliphatic carbocycles. The second-order valence-corrected chi connectivity index (χ2v) is 7.79. The number of piperidine rings is 1. The lowest BCUT2D eigenvalue weighted by Crippen LogP contribution is -2.33. The molecule has 21 heavy (non-hydrogen) atoms. The van der Waals surface area contributed by atoms with Crippen LogP contribution in [-0.4, -0.2) is 45.8 Å². The van der Waals surface area contributed by atoms with Gasteiger partial charge in [-0.05, 0) is 32.1 Å². The molecule has 2 fully saturated rings. The van der Waals surface area contributed by atoms with Crippen molar-refractivity contribution in [3.63, 3.8) is 0 Å². The highest BCUT2D eigenvalue weighted by molar-refractivity contribution is 7.99. The molecular formula is C15H26N4OS. The Morgan fingerprint density at radius 3 is 2.67 bits per heavy atom. The van der Waals surface area contributed by atoms with Gasteiger partial charge in [-0.3, -0.25) is 4.57 Å². The van der Waals surface area contributed by atoms with E-state index in [1.807, 2.05) is 0 Å². The first-order chi connectivity index (χ1) is 10.2. The summed E-state index contributed by atoms with van der Waals surface area (Å²) < 4.78 is 8.12. The summed E-state index contributed by atoms with van der Waals surface area (Å²) >= 11 is 1.80. The van der Waals surface area contributed by atoms with Crippen LogP contribution in [0.15, 0.2) is 5.16 Å². The maximum Gasteiger partial charge on any atom is 0.228 e. The molecule has 2 saturated heterocycles. The first-order valence-electron chi connectivity index (χ1n) is 8.20. The predicted molar refractivity (Wildman–Crippen MR) is 86.1 cm³/mol. The highest BCUT2D eigenvalue weighted by atomic mass is 32.2. The van der Waals surface area contributed by atoms with Crippen molar-refractivity contribution in [3.05, 3.63) is 0 Å². The molecule has 0 spiro atoms. The fourth-order valence-corrected chi connectivity index (χ4v) is 3.85. The second kappa shape index (κ2) is 7.01. The Morgan fingerprint density at radius 1 is 1.19 bits per heavy atom. The van der Waals surface area contributed by atoms with Crippen molar-refractivity contribution in [2.24, 2.45) is 0 Å². The number of thioether (sulfide) groups is 1. The Bertz CT molecular complexity index is 451. The summed E-state index contributed by atoms with van der Waals surface area (Å²) in [7, 11) is 0. The second-order valence-electron chi connectivity index (χ2n) is 6.24. The van der Waals surface area contributed by atoms with Crippen molar-refractivity contribution in [3.8, 4) is 0 Å². The Morgan fingerprint density at radius 2 is 2.00 bits per heavy atom. The van der Waals surface area contributed by atoms with E-state index < -0.39 is 0 Å². The van der Waals surface area contributed by atoms with Crippen LogP contribution < -0.4 is 4.90 Å². The van der Waals surface area contributed by atoms with E-state index >= 15 is 0 Å². The number of hydrogen-bond acceptors (Lipinski definition) is 5. The highest BCUT2D eigenvalue weighted by Crippen LogP contribution is 2.28. The van der Waals surface area contributed by atoms with Gasteiger partial charge in [0, 0.05) is 24.9 Å². The van der Waals surface area contributed by atoms with Crippen LogP contribution in [-0.2, 0) is 11.3 Å². The van der Waals surface area contributed by atoms with E-state index in [4.69, 9.17) is 4.74 Å². The molecule has 118 valence electrons. The molecule has 2 aliphatic heterocycles. The summed E-state index contributed by atoms with van der Waals surface area (Å²) in [4.78, 5) is 2.40. The van der Waals surface area contributed by atoms with Crippen LogP contribution in [0.5, 0.6) is 0 Å². The maximum absolute atomic E-state index is 5.82. The SMILES string of the molecule is CC(C)Sc1nnc(N2CCCCC2)n1C[C@H]1CCCO1. The van der Waals surface area contributed by atoms with Crippen LogP contribution >= 0.6 is 11.8 Å². The van der Waals surface area contributed by atoms with Crippen molar-refractivity contribution >= 4 is 17.7 Å². The molecule has 5 nitrogen and oxygen atoms in total. The Labute approximate surface area is 131 Å². The van der Waals surface area contributed by atoms with Crippen molar-refractivity contribution in [1.82, 2.24) is 14.8 Å². The standard InChI is InChI=1S/C15H26N4OS/c1-12(2)21-15-17-16-14(18-8-4-3-5-9-18)19(15)11-13-7-6-10-20-13/h12-13H,3-11H2,1-2H3/t13-/m1/s1. The molecule has 0 saturated carbocycles. The third-order valence-electron chi connectivity index (χ3n) is 4.09. The monoisotopic (exact) mass is 310 g/mol. The van der Waals surface area contributed by atoms with Crippen LogP contribution in [0.1, 0.15) is 46.0 Å². The van der Waals surface area contributed by atoms with Gasteiger partial charge in [0.05, 0.1) is 12.6 Å². The average Bonchev–Trinajstić information content (AvgIpc) is 3.11. The Kier molecular flexibility index (Phi) is 5.06. The molecule has 0 aromatic carbocycles. The minimum atomic E-state index is 0.330. The minimum absolute atomic E-state index is 0.330. The molecule has 1 atom stereocenters. The lowest BCUT2D eigenvalue weighted by molar-refractivity contribution is 0.0951. The Hall–Kier alpha value is -0.750. The van der Waals surface area contributed by atoms with Crippen molar-refractivity contribution < 1.29 is 4.74 Å². The van der Waals surface area contributed by atoms with E-state index in [0.717, 1.165) is 43.8 Å². The molecule has 0 radical (unpaired) electrons. The lowest BCUT2D eigenvalue weighted by Gasteiger charge is -2.28. The molecule has 0 amide bonds. The number of hydrogen-bond donors (Lipinski definition) is 0. The van der Waals surface area contributed by atoms with Crippen molar-refractivity contribution in [1.29, 1.82) is 0 Å². The molecule has 6 heteroatoms. The van der Waals surface area contributed by atoms with Gasteiger partial charge in [-0.2, -0.15) is 0 Å². The average molecular weight is 310 g/mol. The van der Waals surface area contributed by atoms with Gasteiger partial charge in [-0.15, -0.1) is 10.2 Å². The summed E-state index contributed by atoms with van der Waals surface area (Å²) in [6, 6.07) is 0. The quantitative estimate of drug-likeness (QED) is 0.782. The van der Waals surface area contributed by atoms with E-state index in [1.165, 1.54) is 25.7 Å². The van der Waals surface area contributed by atoms with E-state index in [9.17, 15) is 0 Å². The molecule has 2 aliphatic rings. The first-order valence-corrected chi connectivity index (χ1v) is 9.08. The van der Waals surface area contributed by atoms with Gasteiger partial charge in [-0.25, -0.2) is 0 Å². The highest BCUT2D eigenvalue weighted by Gasteiger charge is 2.24. The van der Waals surface area contributed by atoms with Gasteiger partial charge in [0.1, 0.15) is 0 Å². The van der Waals surface area contributed by atoms with Gasteiger partial charge in [0.25, 0.3) is 0 Å². The molecule has 3 heterocycles. The predicted octanol–water partition coefficient (Wildman–Crippen LogP) is 2.95. The summed E-state index contributed by atoms with van der Waals surface area (Å²) in [5, 5.41) is 10.5. The van der Waals surface area contributed by atoms with Gasteiger partial charge < -0.3 is 9.64 Å². The summed E-state index contributed by atoms with van der Waals surface area (Å²) in [6.07, 6.45) is 6.53.